The van der Waals surface area contributed by atoms with E-state index in [9.17, 15) is 0 Å². The van der Waals surface area contributed by atoms with Crippen molar-refractivity contribution in [2.45, 2.75) is 13.5 Å². The molecule has 0 saturated heterocycles. The molecule has 4 aromatic rings. The zero-order valence-electron chi connectivity index (χ0n) is 14.6. The number of benzene rings is 3. The molecule has 0 unspecified atom stereocenters. The minimum absolute atomic E-state index is 0.733. The van der Waals surface area contributed by atoms with Gasteiger partial charge in [0.15, 0.2) is 0 Å². The van der Waals surface area contributed by atoms with Gasteiger partial charge in [0.1, 0.15) is 0 Å². The van der Waals surface area contributed by atoms with Crippen LogP contribution in [-0.2, 0) is 6.54 Å². The van der Waals surface area contributed by atoms with Gasteiger partial charge < -0.3 is 0 Å². The van der Waals surface area contributed by atoms with Gasteiger partial charge in [-0.3, -0.25) is 4.68 Å². The van der Waals surface area contributed by atoms with Gasteiger partial charge in [0.2, 0.25) is 0 Å². The van der Waals surface area contributed by atoms with E-state index >= 15 is 0 Å². The van der Waals surface area contributed by atoms with Crippen LogP contribution in [0.5, 0.6) is 0 Å². The van der Waals surface area contributed by atoms with Gasteiger partial charge in [-0.15, -0.1) is 0 Å². The Morgan fingerprint density at radius 2 is 1.46 bits per heavy atom. The molecular formula is C23H19ClN2. The Labute approximate surface area is 158 Å². The number of hydrogen-bond acceptors (Lipinski definition) is 1. The zero-order valence-corrected chi connectivity index (χ0v) is 15.3. The van der Waals surface area contributed by atoms with Gasteiger partial charge in [-0.25, -0.2) is 0 Å². The average Bonchev–Trinajstić information content (AvgIpc) is 3.07. The smallest absolute Gasteiger partial charge is 0.0929 e. The second-order valence-electron chi connectivity index (χ2n) is 6.43. The number of nitrogens with zero attached hydrogens (tertiary/aromatic N) is 2. The predicted octanol–water partition coefficient (Wildman–Crippen LogP) is 6.23. The van der Waals surface area contributed by atoms with E-state index < -0.39 is 0 Å². The first-order valence-electron chi connectivity index (χ1n) is 8.64. The summed E-state index contributed by atoms with van der Waals surface area (Å²) in [5.74, 6) is 0. The van der Waals surface area contributed by atoms with E-state index in [2.05, 4.69) is 66.2 Å². The van der Waals surface area contributed by atoms with Crippen molar-refractivity contribution in [2.75, 3.05) is 0 Å². The molecule has 0 bridgehead atoms. The molecule has 1 aromatic heterocycles. The van der Waals surface area contributed by atoms with Crippen LogP contribution in [-0.4, -0.2) is 9.78 Å². The van der Waals surface area contributed by atoms with Gasteiger partial charge in [-0.1, -0.05) is 83.9 Å². The van der Waals surface area contributed by atoms with Crippen molar-refractivity contribution in [1.82, 2.24) is 9.78 Å². The summed E-state index contributed by atoms with van der Waals surface area (Å²) in [6.45, 7) is 2.84. The van der Waals surface area contributed by atoms with Crippen molar-refractivity contribution in [1.29, 1.82) is 0 Å². The van der Waals surface area contributed by atoms with E-state index in [-0.39, 0.29) is 0 Å². The molecule has 3 aromatic carbocycles. The van der Waals surface area contributed by atoms with Gasteiger partial charge in [0, 0.05) is 10.6 Å². The summed E-state index contributed by atoms with van der Waals surface area (Å²) in [6.07, 6.45) is 0. The Kier molecular flexibility index (Phi) is 4.59. The molecule has 0 N–H and O–H groups in total. The fourth-order valence-electron chi connectivity index (χ4n) is 3.01. The third kappa shape index (κ3) is 3.56. The lowest BCUT2D eigenvalue weighted by atomic mass is 10.1. The quantitative estimate of drug-likeness (QED) is 0.423. The molecule has 1 heterocycles. The van der Waals surface area contributed by atoms with E-state index in [0.29, 0.717) is 0 Å². The first-order valence-corrected chi connectivity index (χ1v) is 9.01. The van der Waals surface area contributed by atoms with Gasteiger partial charge in [0.25, 0.3) is 0 Å². The van der Waals surface area contributed by atoms with Crippen LogP contribution in [0.25, 0.3) is 22.5 Å². The maximum absolute atomic E-state index is 6.03. The van der Waals surface area contributed by atoms with Crippen LogP contribution in [0.4, 0.5) is 0 Å². The Hall–Kier alpha value is -2.84. The summed E-state index contributed by atoms with van der Waals surface area (Å²) in [4.78, 5) is 0. The molecule has 2 nitrogen and oxygen atoms in total. The minimum Gasteiger partial charge on any atom is -0.260 e. The average molecular weight is 359 g/mol. The summed E-state index contributed by atoms with van der Waals surface area (Å²) in [5, 5.41) is 5.61. The van der Waals surface area contributed by atoms with E-state index in [4.69, 9.17) is 16.7 Å². The maximum Gasteiger partial charge on any atom is 0.0929 e. The van der Waals surface area contributed by atoms with Gasteiger partial charge in [-0.2, -0.15) is 5.10 Å². The van der Waals surface area contributed by atoms with Crippen molar-refractivity contribution < 1.29 is 0 Å². The lowest BCUT2D eigenvalue weighted by Gasteiger charge is -2.08. The summed E-state index contributed by atoms with van der Waals surface area (Å²) >= 11 is 6.03. The molecule has 0 spiro atoms. The number of hydrogen-bond donors (Lipinski definition) is 0. The lowest BCUT2D eigenvalue weighted by molar-refractivity contribution is 0.697. The molecule has 3 heteroatoms. The molecule has 0 aliphatic heterocycles. The first kappa shape index (κ1) is 16.6. The SMILES string of the molecule is Cc1ccc(-c2cc(-c3ccc(Cl)cc3)nn2Cc2ccccc2)cc1. The maximum atomic E-state index is 6.03. The van der Waals surface area contributed by atoms with Crippen LogP contribution in [0.1, 0.15) is 11.1 Å². The van der Waals surface area contributed by atoms with Crippen LogP contribution in [0.15, 0.2) is 84.9 Å². The molecule has 128 valence electrons. The molecule has 0 aliphatic rings. The second kappa shape index (κ2) is 7.19. The topological polar surface area (TPSA) is 17.8 Å². The number of aromatic nitrogens is 2. The van der Waals surface area contributed by atoms with Gasteiger partial charge >= 0.3 is 0 Å². The molecular weight excluding hydrogens is 340 g/mol. The van der Waals surface area contributed by atoms with E-state index in [1.165, 1.54) is 16.7 Å². The monoisotopic (exact) mass is 358 g/mol. The molecule has 0 fully saturated rings. The van der Waals surface area contributed by atoms with Crippen molar-refractivity contribution >= 4 is 11.6 Å². The van der Waals surface area contributed by atoms with Gasteiger partial charge in [-0.05, 0) is 36.2 Å². The third-order valence-corrected chi connectivity index (χ3v) is 4.69. The Morgan fingerprint density at radius 3 is 2.15 bits per heavy atom. The predicted molar refractivity (Wildman–Crippen MR) is 108 cm³/mol. The minimum atomic E-state index is 0.733. The normalized spacial score (nSPS) is 10.8. The molecule has 0 aliphatic carbocycles. The molecule has 4 rings (SSSR count). The Balaban J connectivity index is 1.79. The zero-order chi connectivity index (χ0) is 17.9. The summed E-state index contributed by atoms with van der Waals surface area (Å²) in [7, 11) is 0. The molecule has 26 heavy (non-hydrogen) atoms. The molecule has 0 radical (unpaired) electrons. The van der Waals surface area contributed by atoms with Crippen LogP contribution in [0.2, 0.25) is 5.02 Å². The fraction of sp³-hybridized carbons (Fsp3) is 0.0870. The second-order valence-corrected chi connectivity index (χ2v) is 6.87. The van der Waals surface area contributed by atoms with Crippen molar-refractivity contribution in [3.63, 3.8) is 0 Å². The largest absolute Gasteiger partial charge is 0.260 e. The van der Waals surface area contributed by atoms with Gasteiger partial charge in [0.05, 0.1) is 17.9 Å². The summed E-state index contributed by atoms with van der Waals surface area (Å²) in [5.41, 5.74) is 6.77. The summed E-state index contributed by atoms with van der Waals surface area (Å²) in [6, 6.07) is 29.0. The van der Waals surface area contributed by atoms with Crippen LogP contribution < -0.4 is 0 Å². The van der Waals surface area contributed by atoms with Crippen LogP contribution in [0.3, 0.4) is 0 Å². The van der Waals surface area contributed by atoms with Crippen molar-refractivity contribution in [3.05, 3.63) is 101 Å². The first-order chi connectivity index (χ1) is 12.7. The van der Waals surface area contributed by atoms with Crippen LogP contribution in [0, 0.1) is 6.92 Å². The standard InChI is InChI=1S/C23H19ClN2/c1-17-7-9-20(10-8-17)23-15-22(19-11-13-21(24)14-12-19)25-26(23)16-18-5-3-2-4-6-18/h2-15H,16H2,1H3. The Morgan fingerprint density at radius 1 is 0.808 bits per heavy atom. The highest BCUT2D eigenvalue weighted by Crippen LogP contribution is 2.28. The third-order valence-electron chi connectivity index (χ3n) is 4.44. The fourth-order valence-corrected chi connectivity index (χ4v) is 3.14. The number of aryl methyl sites for hydroxylation is 1. The summed E-state index contributed by atoms with van der Waals surface area (Å²) < 4.78 is 2.07. The lowest BCUT2D eigenvalue weighted by Crippen LogP contribution is -2.03. The number of rotatable bonds is 4. The Bertz CT molecular complexity index is 1000. The van der Waals surface area contributed by atoms with Crippen molar-refractivity contribution in [2.24, 2.45) is 0 Å². The highest BCUT2D eigenvalue weighted by Gasteiger charge is 2.12. The highest BCUT2D eigenvalue weighted by molar-refractivity contribution is 6.30. The molecule has 0 atom stereocenters. The highest BCUT2D eigenvalue weighted by atomic mass is 35.5. The van der Waals surface area contributed by atoms with Crippen molar-refractivity contribution in [3.8, 4) is 22.5 Å². The van der Waals surface area contributed by atoms with E-state index in [0.717, 1.165) is 28.5 Å². The molecule has 0 saturated carbocycles. The van der Waals surface area contributed by atoms with Crippen LogP contribution >= 0.6 is 11.6 Å². The number of halogens is 1. The molecule has 0 amide bonds. The van der Waals surface area contributed by atoms with E-state index in [1.54, 1.807) is 0 Å². The van der Waals surface area contributed by atoms with E-state index in [1.807, 2.05) is 30.3 Å².